The molecule has 0 aliphatic rings. The summed E-state index contributed by atoms with van der Waals surface area (Å²) in [5.41, 5.74) is 5.40. The number of hydrogen-bond acceptors (Lipinski definition) is 2. The Balaban J connectivity index is 2.33. The summed E-state index contributed by atoms with van der Waals surface area (Å²) in [6.45, 7) is 9.75. The minimum Gasteiger partial charge on any atom is -0.267 e. The molecule has 1 N–H and O–H groups in total. The van der Waals surface area contributed by atoms with Gasteiger partial charge in [0.05, 0.1) is 5.54 Å². The Morgan fingerprint density at radius 2 is 1.48 bits per heavy atom. The molecule has 0 spiro atoms. The van der Waals surface area contributed by atoms with Gasteiger partial charge in [-0.25, -0.2) is 5.01 Å². The van der Waals surface area contributed by atoms with Gasteiger partial charge >= 0.3 is 0 Å². The third-order valence-electron chi connectivity index (χ3n) is 4.43. The number of rotatable bonds is 4. The first-order valence-corrected chi connectivity index (χ1v) is 8.53. The number of hydrazine groups is 1. The molecule has 25 heavy (non-hydrogen) atoms. The molecule has 0 saturated carbocycles. The highest BCUT2D eigenvalue weighted by molar-refractivity contribution is 5.99. The van der Waals surface area contributed by atoms with Gasteiger partial charge < -0.3 is 0 Å². The van der Waals surface area contributed by atoms with E-state index in [0.717, 1.165) is 11.1 Å². The lowest BCUT2D eigenvalue weighted by Gasteiger charge is -2.37. The van der Waals surface area contributed by atoms with E-state index in [0.29, 0.717) is 17.5 Å². The van der Waals surface area contributed by atoms with Gasteiger partial charge in [0.25, 0.3) is 11.8 Å². The molecule has 2 rings (SSSR count). The van der Waals surface area contributed by atoms with E-state index in [2.05, 4.69) is 5.43 Å². The van der Waals surface area contributed by atoms with Crippen LogP contribution in [0.3, 0.4) is 0 Å². The highest BCUT2D eigenvalue weighted by Gasteiger charge is 2.32. The summed E-state index contributed by atoms with van der Waals surface area (Å²) in [4.78, 5) is 25.7. The first-order valence-electron chi connectivity index (χ1n) is 8.53. The minimum absolute atomic E-state index is 0.212. The number of nitrogens with one attached hydrogen (secondary N) is 1. The molecule has 0 aliphatic carbocycles. The molecule has 2 aromatic rings. The van der Waals surface area contributed by atoms with Crippen LogP contribution in [-0.4, -0.2) is 22.4 Å². The van der Waals surface area contributed by atoms with E-state index in [9.17, 15) is 9.59 Å². The SMILES string of the molecule is CCC(C)(C)N(NC(=O)c1cccc(C)c1)C(=O)c1cccc(C)c1. The fourth-order valence-corrected chi connectivity index (χ4v) is 2.49. The normalized spacial score (nSPS) is 11.1. The first-order chi connectivity index (χ1) is 11.7. The van der Waals surface area contributed by atoms with E-state index >= 15 is 0 Å². The van der Waals surface area contributed by atoms with Gasteiger partial charge in [0.1, 0.15) is 0 Å². The van der Waals surface area contributed by atoms with Gasteiger partial charge in [0.2, 0.25) is 0 Å². The van der Waals surface area contributed by atoms with Crippen molar-refractivity contribution in [3.8, 4) is 0 Å². The maximum absolute atomic E-state index is 13.0. The summed E-state index contributed by atoms with van der Waals surface area (Å²) in [7, 11) is 0. The van der Waals surface area contributed by atoms with Crippen LogP contribution in [0.1, 0.15) is 59.0 Å². The van der Waals surface area contributed by atoms with E-state index < -0.39 is 5.54 Å². The van der Waals surface area contributed by atoms with Crippen LogP contribution >= 0.6 is 0 Å². The van der Waals surface area contributed by atoms with Crippen molar-refractivity contribution in [1.29, 1.82) is 0 Å². The van der Waals surface area contributed by atoms with Crippen molar-refractivity contribution in [3.05, 3.63) is 70.8 Å². The van der Waals surface area contributed by atoms with Gasteiger partial charge in [-0.05, 0) is 58.4 Å². The molecule has 132 valence electrons. The molecule has 0 heterocycles. The first kappa shape index (κ1) is 18.7. The lowest BCUT2D eigenvalue weighted by Crippen LogP contribution is -2.57. The Hall–Kier alpha value is -2.62. The number of carbonyl (C=O) groups is 2. The summed E-state index contributed by atoms with van der Waals surface area (Å²) < 4.78 is 0. The standard InChI is InChI=1S/C21H26N2O2/c1-6-21(4,5)23(20(25)18-12-8-10-16(3)14-18)22-19(24)17-11-7-9-15(2)13-17/h7-14H,6H2,1-5H3,(H,22,24). The Morgan fingerprint density at radius 3 is 2.00 bits per heavy atom. The van der Waals surface area contributed by atoms with E-state index in [1.807, 2.05) is 71.0 Å². The van der Waals surface area contributed by atoms with Gasteiger partial charge in [0, 0.05) is 11.1 Å². The number of benzene rings is 2. The van der Waals surface area contributed by atoms with Crippen LogP contribution in [0.4, 0.5) is 0 Å². The topological polar surface area (TPSA) is 49.4 Å². The Morgan fingerprint density at radius 1 is 0.960 bits per heavy atom. The van der Waals surface area contributed by atoms with Crippen LogP contribution < -0.4 is 5.43 Å². The highest BCUT2D eigenvalue weighted by Crippen LogP contribution is 2.20. The van der Waals surface area contributed by atoms with E-state index in [4.69, 9.17) is 0 Å². The average Bonchev–Trinajstić information content (AvgIpc) is 2.58. The zero-order valence-electron chi connectivity index (χ0n) is 15.6. The average molecular weight is 338 g/mol. The maximum atomic E-state index is 13.0. The third kappa shape index (κ3) is 4.47. The summed E-state index contributed by atoms with van der Waals surface area (Å²) in [6.07, 6.45) is 0.707. The van der Waals surface area contributed by atoms with Gasteiger partial charge in [-0.15, -0.1) is 0 Å². The van der Waals surface area contributed by atoms with E-state index in [-0.39, 0.29) is 11.8 Å². The van der Waals surface area contributed by atoms with Gasteiger partial charge in [-0.2, -0.15) is 0 Å². The van der Waals surface area contributed by atoms with E-state index in [1.165, 1.54) is 5.01 Å². The molecule has 0 atom stereocenters. The molecule has 4 nitrogen and oxygen atoms in total. The van der Waals surface area contributed by atoms with Crippen molar-refractivity contribution in [3.63, 3.8) is 0 Å². The van der Waals surface area contributed by atoms with Crippen molar-refractivity contribution < 1.29 is 9.59 Å². The van der Waals surface area contributed by atoms with Gasteiger partial charge in [0.15, 0.2) is 0 Å². The largest absolute Gasteiger partial charge is 0.272 e. The number of amides is 2. The van der Waals surface area contributed by atoms with Crippen LogP contribution in [-0.2, 0) is 0 Å². The maximum Gasteiger partial charge on any atom is 0.272 e. The van der Waals surface area contributed by atoms with Crippen LogP contribution in [0.2, 0.25) is 0 Å². The quantitative estimate of drug-likeness (QED) is 0.846. The zero-order valence-corrected chi connectivity index (χ0v) is 15.6. The monoisotopic (exact) mass is 338 g/mol. The molecule has 0 aliphatic heterocycles. The molecule has 0 aromatic heterocycles. The Kier molecular flexibility index (Phi) is 5.62. The summed E-state index contributed by atoms with van der Waals surface area (Å²) >= 11 is 0. The fourth-order valence-electron chi connectivity index (χ4n) is 2.49. The molecular formula is C21H26N2O2. The predicted octanol–water partition coefficient (Wildman–Crippen LogP) is 4.28. The number of aryl methyl sites for hydroxylation is 2. The molecule has 0 unspecified atom stereocenters. The van der Waals surface area contributed by atoms with Crippen LogP contribution in [0.15, 0.2) is 48.5 Å². The second kappa shape index (κ2) is 7.51. The molecule has 0 bridgehead atoms. The number of carbonyl (C=O) groups excluding carboxylic acids is 2. The fraction of sp³-hybridized carbons (Fsp3) is 0.333. The van der Waals surface area contributed by atoms with Crippen LogP contribution in [0.5, 0.6) is 0 Å². The molecule has 2 aromatic carbocycles. The Labute approximate surface area is 149 Å². The van der Waals surface area contributed by atoms with Gasteiger partial charge in [-0.3, -0.25) is 15.0 Å². The summed E-state index contributed by atoms with van der Waals surface area (Å²) in [5, 5.41) is 1.45. The molecule has 4 heteroatoms. The second-order valence-corrected chi connectivity index (χ2v) is 6.99. The van der Waals surface area contributed by atoms with Crippen molar-refractivity contribution >= 4 is 11.8 Å². The lowest BCUT2D eigenvalue weighted by atomic mass is 9.99. The Bertz CT molecular complexity index is 781. The van der Waals surface area contributed by atoms with Gasteiger partial charge in [-0.1, -0.05) is 42.3 Å². The minimum atomic E-state index is -0.514. The smallest absolute Gasteiger partial charge is 0.267 e. The molecule has 0 fully saturated rings. The lowest BCUT2D eigenvalue weighted by molar-refractivity contribution is 0.0307. The van der Waals surface area contributed by atoms with Crippen LogP contribution in [0, 0.1) is 13.8 Å². The number of nitrogens with zero attached hydrogens (tertiary/aromatic N) is 1. The molecule has 0 saturated heterocycles. The third-order valence-corrected chi connectivity index (χ3v) is 4.43. The summed E-state index contributed by atoms with van der Waals surface area (Å²) in [6, 6.07) is 14.7. The van der Waals surface area contributed by atoms with Crippen molar-refractivity contribution in [2.24, 2.45) is 0 Å². The molecular weight excluding hydrogens is 312 g/mol. The van der Waals surface area contributed by atoms with Crippen molar-refractivity contribution in [2.75, 3.05) is 0 Å². The molecule has 2 amide bonds. The van der Waals surface area contributed by atoms with Crippen molar-refractivity contribution in [1.82, 2.24) is 10.4 Å². The van der Waals surface area contributed by atoms with Crippen molar-refractivity contribution in [2.45, 2.75) is 46.6 Å². The highest BCUT2D eigenvalue weighted by atomic mass is 16.2. The van der Waals surface area contributed by atoms with E-state index in [1.54, 1.807) is 12.1 Å². The second-order valence-electron chi connectivity index (χ2n) is 6.99. The summed E-state index contributed by atoms with van der Waals surface area (Å²) in [5.74, 6) is -0.497. The molecule has 0 radical (unpaired) electrons. The van der Waals surface area contributed by atoms with Crippen LogP contribution in [0.25, 0.3) is 0 Å². The zero-order chi connectivity index (χ0) is 18.6. The predicted molar refractivity (Wildman–Crippen MR) is 100 cm³/mol. The number of hydrogen-bond donors (Lipinski definition) is 1.